The third-order valence-electron chi connectivity index (χ3n) is 3.49. The summed E-state index contributed by atoms with van der Waals surface area (Å²) in [6, 6.07) is 5.61. The first-order chi connectivity index (χ1) is 9.47. The van der Waals surface area contributed by atoms with Gasteiger partial charge in [-0.1, -0.05) is 24.6 Å². The maximum absolute atomic E-state index is 12.2. The van der Waals surface area contributed by atoms with Gasteiger partial charge in [-0.3, -0.25) is 0 Å². The van der Waals surface area contributed by atoms with Gasteiger partial charge in [0.15, 0.2) is 0 Å². The predicted molar refractivity (Wildman–Crippen MR) is 77.0 cm³/mol. The molecule has 1 saturated heterocycles. The van der Waals surface area contributed by atoms with Crippen molar-refractivity contribution in [3.05, 3.63) is 29.3 Å². The zero-order valence-corrected chi connectivity index (χ0v) is 11.9. The van der Waals surface area contributed by atoms with Crippen LogP contribution in [0.3, 0.4) is 0 Å². The number of carboxylic acids is 1. The standard InChI is InChI=1S/C14H17ClN2O3/c1-9-5-6-17(12(7-9)13(18)19)14(20)16-11-4-2-3-10(15)8-11/h2-4,8-9,12H,5-7H2,1H3,(H,16,20)(H,18,19). The van der Waals surface area contributed by atoms with Gasteiger partial charge in [0.2, 0.25) is 0 Å². The van der Waals surface area contributed by atoms with Crippen LogP contribution in [0.4, 0.5) is 10.5 Å². The first kappa shape index (κ1) is 14.7. The summed E-state index contributed by atoms with van der Waals surface area (Å²) in [5, 5.41) is 12.5. The summed E-state index contributed by atoms with van der Waals surface area (Å²) < 4.78 is 0. The predicted octanol–water partition coefficient (Wildman–Crippen LogP) is 3.06. The summed E-state index contributed by atoms with van der Waals surface area (Å²) in [7, 11) is 0. The first-order valence-electron chi connectivity index (χ1n) is 6.53. The van der Waals surface area contributed by atoms with E-state index in [0.717, 1.165) is 6.42 Å². The second kappa shape index (κ2) is 6.13. The van der Waals surface area contributed by atoms with Crippen LogP contribution in [0.1, 0.15) is 19.8 Å². The van der Waals surface area contributed by atoms with Crippen LogP contribution in [0.25, 0.3) is 0 Å². The van der Waals surface area contributed by atoms with E-state index < -0.39 is 18.0 Å². The number of amides is 2. The quantitative estimate of drug-likeness (QED) is 0.881. The largest absolute Gasteiger partial charge is 0.480 e. The Balaban J connectivity index is 2.09. The molecule has 108 valence electrons. The van der Waals surface area contributed by atoms with Crippen molar-refractivity contribution in [3.63, 3.8) is 0 Å². The van der Waals surface area contributed by atoms with Crippen LogP contribution in [-0.2, 0) is 4.79 Å². The first-order valence-corrected chi connectivity index (χ1v) is 6.91. The van der Waals surface area contributed by atoms with Crippen molar-refractivity contribution >= 4 is 29.3 Å². The molecule has 1 aromatic carbocycles. The molecule has 0 aliphatic carbocycles. The Morgan fingerprint density at radius 1 is 1.45 bits per heavy atom. The number of carbonyl (C=O) groups excluding carboxylic acids is 1. The summed E-state index contributed by atoms with van der Waals surface area (Å²) >= 11 is 5.85. The zero-order chi connectivity index (χ0) is 14.7. The van der Waals surface area contributed by atoms with E-state index in [1.165, 1.54) is 4.90 Å². The van der Waals surface area contributed by atoms with Crippen LogP contribution >= 0.6 is 11.6 Å². The van der Waals surface area contributed by atoms with Gasteiger partial charge in [0.05, 0.1) is 0 Å². The lowest BCUT2D eigenvalue weighted by molar-refractivity contribution is -0.143. The highest BCUT2D eigenvalue weighted by Gasteiger charge is 2.34. The fourth-order valence-corrected chi connectivity index (χ4v) is 2.57. The summed E-state index contributed by atoms with van der Waals surface area (Å²) in [4.78, 5) is 24.9. The molecule has 2 amide bonds. The van der Waals surface area contributed by atoms with Gasteiger partial charge in [-0.25, -0.2) is 9.59 Å². The summed E-state index contributed by atoms with van der Waals surface area (Å²) in [6.45, 7) is 2.45. The molecule has 2 atom stereocenters. The zero-order valence-electron chi connectivity index (χ0n) is 11.2. The number of urea groups is 1. The number of rotatable bonds is 2. The Labute approximate surface area is 122 Å². The van der Waals surface area contributed by atoms with Gasteiger partial charge in [-0.15, -0.1) is 0 Å². The van der Waals surface area contributed by atoms with Crippen molar-refractivity contribution in [2.75, 3.05) is 11.9 Å². The molecule has 2 unspecified atom stereocenters. The van der Waals surface area contributed by atoms with Crippen LogP contribution in [0.2, 0.25) is 5.02 Å². The number of aliphatic carboxylic acids is 1. The second-order valence-electron chi connectivity index (χ2n) is 5.12. The average Bonchev–Trinajstić information content (AvgIpc) is 2.38. The number of carbonyl (C=O) groups is 2. The molecular weight excluding hydrogens is 280 g/mol. The second-order valence-corrected chi connectivity index (χ2v) is 5.55. The third-order valence-corrected chi connectivity index (χ3v) is 3.72. The minimum absolute atomic E-state index is 0.311. The Kier molecular flexibility index (Phi) is 4.49. The highest BCUT2D eigenvalue weighted by atomic mass is 35.5. The lowest BCUT2D eigenvalue weighted by Crippen LogP contribution is -2.51. The molecule has 1 fully saturated rings. The fourth-order valence-electron chi connectivity index (χ4n) is 2.38. The Hall–Kier alpha value is -1.75. The van der Waals surface area contributed by atoms with Crippen molar-refractivity contribution < 1.29 is 14.7 Å². The number of carboxylic acid groups (broad SMARTS) is 1. The molecule has 5 nitrogen and oxygen atoms in total. The molecule has 1 heterocycles. The highest BCUT2D eigenvalue weighted by Crippen LogP contribution is 2.24. The third kappa shape index (κ3) is 3.42. The van der Waals surface area contributed by atoms with Gasteiger partial charge < -0.3 is 15.3 Å². The number of halogens is 1. The number of likely N-dealkylation sites (tertiary alicyclic amines) is 1. The number of nitrogens with one attached hydrogen (secondary N) is 1. The number of benzene rings is 1. The van der Waals surface area contributed by atoms with Crippen LogP contribution in [-0.4, -0.2) is 34.6 Å². The highest BCUT2D eigenvalue weighted by molar-refractivity contribution is 6.30. The Morgan fingerprint density at radius 3 is 2.85 bits per heavy atom. The molecule has 0 spiro atoms. The molecule has 1 aliphatic heterocycles. The number of piperidine rings is 1. The number of hydrogen-bond donors (Lipinski definition) is 2. The minimum Gasteiger partial charge on any atom is -0.480 e. The summed E-state index contributed by atoms with van der Waals surface area (Å²) in [5.74, 6) is -0.649. The SMILES string of the molecule is CC1CCN(C(=O)Nc2cccc(Cl)c2)C(C(=O)O)C1. The van der Waals surface area contributed by atoms with E-state index in [1.54, 1.807) is 24.3 Å². The normalized spacial score (nSPS) is 22.4. The van der Waals surface area contributed by atoms with Crippen molar-refractivity contribution in [2.24, 2.45) is 5.92 Å². The van der Waals surface area contributed by atoms with Gasteiger partial charge in [0.25, 0.3) is 0 Å². The minimum atomic E-state index is -0.960. The fraction of sp³-hybridized carbons (Fsp3) is 0.429. The molecule has 1 aromatic rings. The Bertz CT molecular complexity index is 521. The molecular formula is C14H17ClN2O3. The van der Waals surface area contributed by atoms with Gasteiger partial charge in [0.1, 0.15) is 6.04 Å². The van der Waals surface area contributed by atoms with Gasteiger partial charge in [0, 0.05) is 17.3 Å². The van der Waals surface area contributed by atoms with Crippen LogP contribution < -0.4 is 5.32 Å². The molecule has 6 heteroatoms. The summed E-state index contributed by atoms with van der Waals surface area (Å²) in [6.07, 6.45) is 1.30. The van der Waals surface area contributed by atoms with Crippen molar-refractivity contribution in [1.29, 1.82) is 0 Å². The number of anilines is 1. The molecule has 1 aliphatic rings. The van der Waals surface area contributed by atoms with E-state index in [2.05, 4.69) is 5.32 Å². The Morgan fingerprint density at radius 2 is 2.20 bits per heavy atom. The molecule has 2 rings (SSSR count). The van der Waals surface area contributed by atoms with Gasteiger partial charge >= 0.3 is 12.0 Å². The van der Waals surface area contributed by atoms with Crippen molar-refractivity contribution in [1.82, 2.24) is 4.90 Å². The van der Waals surface area contributed by atoms with E-state index in [9.17, 15) is 14.7 Å². The number of hydrogen-bond acceptors (Lipinski definition) is 2. The maximum atomic E-state index is 12.2. The molecule has 0 aromatic heterocycles. The van der Waals surface area contributed by atoms with Gasteiger partial charge in [-0.05, 0) is 37.0 Å². The van der Waals surface area contributed by atoms with E-state index >= 15 is 0 Å². The molecule has 20 heavy (non-hydrogen) atoms. The maximum Gasteiger partial charge on any atom is 0.326 e. The lowest BCUT2D eigenvalue weighted by atomic mass is 9.93. The molecule has 0 saturated carbocycles. The van der Waals surface area contributed by atoms with Gasteiger partial charge in [-0.2, -0.15) is 0 Å². The molecule has 0 radical (unpaired) electrons. The van der Waals surface area contributed by atoms with E-state index in [1.807, 2.05) is 6.92 Å². The molecule has 2 N–H and O–H groups in total. The smallest absolute Gasteiger partial charge is 0.326 e. The van der Waals surface area contributed by atoms with E-state index in [0.29, 0.717) is 29.6 Å². The average molecular weight is 297 g/mol. The van der Waals surface area contributed by atoms with Crippen molar-refractivity contribution in [3.8, 4) is 0 Å². The van der Waals surface area contributed by atoms with E-state index in [4.69, 9.17) is 11.6 Å². The number of nitrogens with zero attached hydrogens (tertiary/aromatic N) is 1. The lowest BCUT2D eigenvalue weighted by Gasteiger charge is -2.35. The van der Waals surface area contributed by atoms with Crippen molar-refractivity contribution in [2.45, 2.75) is 25.8 Å². The summed E-state index contributed by atoms with van der Waals surface area (Å²) in [5.41, 5.74) is 0.560. The van der Waals surface area contributed by atoms with Crippen LogP contribution in [0, 0.1) is 5.92 Å². The monoisotopic (exact) mass is 296 g/mol. The topological polar surface area (TPSA) is 69.6 Å². The van der Waals surface area contributed by atoms with E-state index in [-0.39, 0.29) is 0 Å². The molecule has 0 bridgehead atoms. The van der Waals surface area contributed by atoms with Crippen LogP contribution in [0.15, 0.2) is 24.3 Å². The van der Waals surface area contributed by atoms with Crippen LogP contribution in [0.5, 0.6) is 0 Å².